The third-order valence-electron chi connectivity index (χ3n) is 4.02. The van der Waals surface area contributed by atoms with Crippen LogP contribution in [0.5, 0.6) is 0 Å². The number of anilines is 2. The van der Waals surface area contributed by atoms with Crippen LogP contribution in [-0.4, -0.2) is 24.9 Å². The molecule has 0 fully saturated rings. The summed E-state index contributed by atoms with van der Waals surface area (Å²) in [4.78, 5) is 35.2. The first kappa shape index (κ1) is 20.0. The minimum atomic E-state index is -0.358. The molecule has 0 aliphatic carbocycles. The highest BCUT2D eigenvalue weighted by atomic mass is 16.2. The van der Waals surface area contributed by atoms with Crippen molar-refractivity contribution in [2.45, 2.75) is 26.8 Å². The molecule has 7 heteroatoms. The molecule has 2 aromatic carbocycles. The summed E-state index contributed by atoms with van der Waals surface area (Å²) in [5.41, 5.74) is 3.48. The van der Waals surface area contributed by atoms with Gasteiger partial charge in [-0.3, -0.25) is 9.59 Å². The fraction of sp³-hybridized carbons (Fsp3) is 0.250. The molecule has 1 unspecified atom stereocenters. The Labute approximate surface area is 158 Å². The van der Waals surface area contributed by atoms with Crippen molar-refractivity contribution in [1.29, 1.82) is 0 Å². The zero-order valence-electron chi connectivity index (χ0n) is 15.8. The molecule has 2 aromatic rings. The Kier molecular flexibility index (Phi) is 6.54. The highest BCUT2D eigenvalue weighted by Gasteiger charge is 2.12. The van der Waals surface area contributed by atoms with Crippen LogP contribution in [0.1, 0.15) is 41.4 Å². The molecule has 1 atom stereocenters. The number of nitrogens with one attached hydrogen (secondary N) is 4. The van der Waals surface area contributed by atoms with E-state index in [4.69, 9.17) is 0 Å². The molecule has 0 heterocycles. The Morgan fingerprint density at radius 1 is 1.00 bits per heavy atom. The smallest absolute Gasteiger partial charge is 0.319 e. The van der Waals surface area contributed by atoms with Gasteiger partial charge >= 0.3 is 6.03 Å². The van der Waals surface area contributed by atoms with E-state index >= 15 is 0 Å². The molecule has 4 amide bonds. The quantitative estimate of drug-likeness (QED) is 0.652. The molecule has 0 saturated heterocycles. The third kappa shape index (κ3) is 5.57. The van der Waals surface area contributed by atoms with Gasteiger partial charge in [0.15, 0.2) is 0 Å². The zero-order valence-corrected chi connectivity index (χ0v) is 15.8. The summed E-state index contributed by atoms with van der Waals surface area (Å²) in [6.07, 6.45) is 0. The second-order valence-electron chi connectivity index (χ2n) is 6.24. The van der Waals surface area contributed by atoms with Crippen LogP contribution < -0.4 is 21.3 Å². The van der Waals surface area contributed by atoms with E-state index in [2.05, 4.69) is 21.3 Å². The summed E-state index contributed by atoms with van der Waals surface area (Å²) >= 11 is 0. The first-order valence-electron chi connectivity index (χ1n) is 8.58. The molecule has 0 bridgehead atoms. The first-order valence-corrected chi connectivity index (χ1v) is 8.58. The van der Waals surface area contributed by atoms with E-state index in [0.717, 1.165) is 11.1 Å². The van der Waals surface area contributed by atoms with Gasteiger partial charge in [0, 0.05) is 30.9 Å². The van der Waals surface area contributed by atoms with Crippen LogP contribution in [0, 0.1) is 6.92 Å². The second-order valence-corrected chi connectivity index (χ2v) is 6.24. The number of hydrogen-bond donors (Lipinski definition) is 4. The van der Waals surface area contributed by atoms with Crippen LogP contribution in [0.3, 0.4) is 0 Å². The van der Waals surface area contributed by atoms with Crippen molar-refractivity contribution >= 4 is 29.2 Å². The van der Waals surface area contributed by atoms with Crippen LogP contribution >= 0.6 is 0 Å². The van der Waals surface area contributed by atoms with Gasteiger partial charge in [-0.2, -0.15) is 0 Å². The number of rotatable bonds is 5. The number of urea groups is 1. The van der Waals surface area contributed by atoms with Gasteiger partial charge in [0.1, 0.15) is 0 Å². The molecule has 27 heavy (non-hydrogen) atoms. The molecule has 142 valence electrons. The number of benzene rings is 2. The SMILES string of the molecule is CNC(=O)c1ccc(NC(=O)NC(C)c2cccc(NC(C)=O)c2)c(C)c1. The number of carbonyl (C=O) groups excluding carboxylic acids is 3. The minimum absolute atomic E-state index is 0.152. The number of carbonyl (C=O) groups is 3. The number of aryl methyl sites for hydroxylation is 1. The Bertz CT molecular complexity index is 864. The van der Waals surface area contributed by atoms with Gasteiger partial charge in [0.2, 0.25) is 5.91 Å². The van der Waals surface area contributed by atoms with Gasteiger partial charge in [-0.25, -0.2) is 4.79 Å². The van der Waals surface area contributed by atoms with E-state index in [1.54, 1.807) is 31.3 Å². The van der Waals surface area contributed by atoms with Crippen molar-refractivity contribution in [2.75, 3.05) is 17.7 Å². The van der Waals surface area contributed by atoms with Crippen molar-refractivity contribution in [1.82, 2.24) is 10.6 Å². The molecule has 4 N–H and O–H groups in total. The van der Waals surface area contributed by atoms with Crippen LogP contribution in [0.4, 0.5) is 16.2 Å². The maximum Gasteiger partial charge on any atom is 0.319 e. The van der Waals surface area contributed by atoms with Crippen LogP contribution in [0.25, 0.3) is 0 Å². The molecule has 0 radical (unpaired) electrons. The Morgan fingerprint density at radius 3 is 2.37 bits per heavy atom. The number of amides is 4. The minimum Gasteiger partial charge on any atom is -0.355 e. The van der Waals surface area contributed by atoms with Crippen LogP contribution in [0.2, 0.25) is 0 Å². The van der Waals surface area contributed by atoms with Gasteiger partial charge in [-0.05, 0) is 55.3 Å². The molecular formula is C20H24N4O3. The fourth-order valence-corrected chi connectivity index (χ4v) is 2.62. The number of hydrogen-bond acceptors (Lipinski definition) is 3. The van der Waals surface area contributed by atoms with Gasteiger partial charge in [0.05, 0.1) is 6.04 Å². The molecule has 0 aliphatic heterocycles. The third-order valence-corrected chi connectivity index (χ3v) is 4.02. The maximum atomic E-state index is 12.3. The lowest BCUT2D eigenvalue weighted by Gasteiger charge is -2.17. The monoisotopic (exact) mass is 368 g/mol. The molecule has 2 rings (SSSR count). The highest BCUT2D eigenvalue weighted by Crippen LogP contribution is 2.19. The van der Waals surface area contributed by atoms with E-state index < -0.39 is 0 Å². The predicted octanol–water partition coefficient (Wildman–Crippen LogP) is 3.20. The molecule has 0 aromatic heterocycles. The molecule has 0 spiro atoms. The largest absolute Gasteiger partial charge is 0.355 e. The molecule has 0 aliphatic rings. The maximum absolute atomic E-state index is 12.3. The summed E-state index contributed by atoms with van der Waals surface area (Å²) in [6, 6.07) is 11.7. The summed E-state index contributed by atoms with van der Waals surface area (Å²) in [7, 11) is 1.57. The Balaban J connectivity index is 2.03. The average molecular weight is 368 g/mol. The summed E-state index contributed by atoms with van der Waals surface area (Å²) in [6.45, 7) is 5.12. The summed E-state index contributed by atoms with van der Waals surface area (Å²) in [5, 5.41) is 10.9. The van der Waals surface area contributed by atoms with E-state index in [0.29, 0.717) is 16.9 Å². The van der Waals surface area contributed by atoms with Gasteiger partial charge in [-0.15, -0.1) is 0 Å². The van der Waals surface area contributed by atoms with Crippen molar-refractivity contribution in [3.8, 4) is 0 Å². The lowest BCUT2D eigenvalue weighted by Crippen LogP contribution is -2.31. The second kappa shape index (κ2) is 8.84. The first-order chi connectivity index (χ1) is 12.8. The molecular weight excluding hydrogens is 344 g/mol. The van der Waals surface area contributed by atoms with Crippen LogP contribution in [0.15, 0.2) is 42.5 Å². The van der Waals surface area contributed by atoms with Crippen molar-refractivity contribution in [3.63, 3.8) is 0 Å². The highest BCUT2D eigenvalue weighted by molar-refractivity contribution is 5.96. The Morgan fingerprint density at radius 2 is 1.74 bits per heavy atom. The standard InChI is InChI=1S/C20H24N4O3/c1-12-10-16(19(26)21-4)8-9-18(12)24-20(27)22-13(2)15-6-5-7-17(11-15)23-14(3)25/h5-11,13H,1-4H3,(H,21,26)(H,23,25)(H2,22,24,27). The lowest BCUT2D eigenvalue weighted by atomic mass is 10.1. The van der Waals surface area contributed by atoms with Crippen LogP contribution in [-0.2, 0) is 4.79 Å². The molecule has 0 saturated carbocycles. The van der Waals surface area contributed by atoms with Gasteiger partial charge in [0.25, 0.3) is 5.91 Å². The summed E-state index contributed by atoms with van der Waals surface area (Å²) in [5.74, 6) is -0.331. The van der Waals surface area contributed by atoms with E-state index in [1.807, 2.05) is 32.0 Å². The van der Waals surface area contributed by atoms with E-state index in [9.17, 15) is 14.4 Å². The van der Waals surface area contributed by atoms with Crippen molar-refractivity contribution < 1.29 is 14.4 Å². The van der Waals surface area contributed by atoms with Crippen molar-refractivity contribution in [2.24, 2.45) is 0 Å². The van der Waals surface area contributed by atoms with E-state index in [-0.39, 0.29) is 23.9 Å². The fourth-order valence-electron chi connectivity index (χ4n) is 2.62. The zero-order chi connectivity index (χ0) is 20.0. The normalized spacial score (nSPS) is 11.3. The molecule has 7 nitrogen and oxygen atoms in total. The van der Waals surface area contributed by atoms with E-state index in [1.165, 1.54) is 6.92 Å². The lowest BCUT2D eigenvalue weighted by molar-refractivity contribution is -0.114. The topological polar surface area (TPSA) is 99.3 Å². The van der Waals surface area contributed by atoms with Crippen molar-refractivity contribution in [3.05, 3.63) is 59.2 Å². The predicted molar refractivity (Wildman–Crippen MR) is 106 cm³/mol. The summed E-state index contributed by atoms with van der Waals surface area (Å²) < 4.78 is 0. The van der Waals surface area contributed by atoms with Gasteiger partial charge < -0.3 is 21.3 Å². The van der Waals surface area contributed by atoms with Gasteiger partial charge in [-0.1, -0.05) is 12.1 Å². The Hall–Kier alpha value is -3.35. The average Bonchev–Trinajstić information content (AvgIpc) is 2.62.